The highest BCUT2D eigenvalue weighted by Gasteiger charge is 2.26. The van der Waals surface area contributed by atoms with Crippen molar-refractivity contribution in [1.82, 2.24) is 19.3 Å². The fraction of sp³-hybridized carbons (Fsp3) is 0.350. The average molecular weight is 385 g/mol. The van der Waals surface area contributed by atoms with Gasteiger partial charge >= 0.3 is 0 Å². The number of carbonyl (C=O) groups excluding carboxylic acids is 1. The van der Waals surface area contributed by atoms with Crippen molar-refractivity contribution in [2.45, 2.75) is 19.8 Å². The highest BCUT2D eigenvalue weighted by molar-refractivity contribution is 6.30. The van der Waals surface area contributed by atoms with Crippen LogP contribution in [0.3, 0.4) is 0 Å². The van der Waals surface area contributed by atoms with Gasteiger partial charge < -0.3 is 9.64 Å². The fourth-order valence-electron chi connectivity index (χ4n) is 3.43. The van der Waals surface area contributed by atoms with Crippen LogP contribution in [0.1, 0.15) is 28.9 Å². The zero-order valence-electron chi connectivity index (χ0n) is 15.1. The van der Waals surface area contributed by atoms with Crippen molar-refractivity contribution in [3.8, 4) is 5.75 Å². The maximum absolute atomic E-state index is 12.9. The van der Waals surface area contributed by atoms with Crippen molar-refractivity contribution in [2.75, 3.05) is 19.7 Å². The maximum atomic E-state index is 12.9. The number of hydrogen-bond acceptors (Lipinski definition) is 4. The molecule has 1 amide bonds. The van der Waals surface area contributed by atoms with Gasteiger partial charge in [-0.25, -0.2) is 9.97 Å². The number of hydrogen-bond donors (Lipinski definition) is 0. The summed E-state index contributed by atoms with van der Waals surface area (Å²) >= 11 is 5.95. The molecular formula is C20H21ClN4O2. The summed E-state index contributed by atoms with van der Waals surface area (Å²) in [5.74, 6) is 1.59. The number of aromatic nitrogens is 3. The first-order valence-corrected chi connectivity index (χ1v) is 9.45. The molecule has 27 heavy (non-hydrogen) atoms. The molecule has 0 bridgehead atoms. The minimum atomic E-state index is -0.0723. The number of fused-ring (bicyclic) bond motifs is 1. The van der Waals surface area contributed by atoms with Crippen LogP contribution in [-0.2, 0) is 0 Å². The summed E-state index contributed by atoms with van der Waals surface area (Å²) in [6.45, 7) is 4.06. The standard InChI is InChI=1S/C20H21ClN4O2/c1-14-4-2-6-17(8-14)27-13-15-5-3-7-24(10-15)19(26)18-12-25-11-16(21)9-22-20(25)23-18/h2,4,6,8-9,11-12,15H,3,5,7,10,13H2,1H3. The molecule has 0 aliphatic carbocycles. The second-order valence-corrected chi connectivity index (χ2v) is 7.43. The normalized spacial score (nSPS) is 17.3. The molecule has 0 N–H and O–H groups in total. The van der Waals surface area contributed by atoms with Gasteiger partial charge in [-0.3, -0.25) is 9.20 Å². The van der Waals surface area contributed by atoms with Gasteiger partial charge in [0.25, 0.3) is 5.91 Å². The Kier molecular flexibility index (Phi) is 4.99. The van der Waals surface area contributed by atoms with E-state index in [1.165, 1.54) is 11.8 Å². The van der Waals surface area contributed by atoms with E-state index in [1.807, 2.05) is 36.1 Å². The average Bonchev–Trinajstić information content (AvgIpc) is 3.09. The van der Waals surface area contributed by atoms with E-state index in [2.05, 4.69) is 9.97 Å². The van der Waals surface area contributed by atoms with Gasteiger partial charge in [-0.1, -0.05) is 23.7 Å². The van der Waals surface area contributed by atoms with Gasteiger partial charge in [0.1, 0.15) is 11.4 Å². The van der Waals surface area contributed by atoms with Crippen LogP contribution in [-0.4, -0.2) is 44.9 Å². The quantitative estimate of drug-likeness (QED) is 0.689. The smallest absolute Gasteiger partial charge is 0.274 e. The van der Waals surface area contributed by atoms with Gasteiger partial charge in [0.05, 0.1) is 17.8 Å². The first kappa shape index (κ1) is 17.8. The van der Waals surface area contributed by atoms with Gasteiger partial charge in [-0.2, -0.15) is 0 Å². The van der Waals surface area contributed by atoms with Crippen molar-refractivity contribution < 1.29 is 9.53 Å². The molecule has 0 radical (unpaired) electrons. The zero-order chi connectivity index (χ0) is 18.8. The molecule has 1 fully saturated rings. The van der Waals surface area contributed by atoms with Crippen molar-refractivity contribution in [3.05, 3.63) is 59.1 Å². The molecule has 3 heterocycles. The third-order valence-electron chi connectivity index (χ3n) is 4.78. The van der Waals surface area contributed by atoms with Crippen molar-refractivity contribution in [3.63, 3.8) is 0 Å². The van der Waals surface area contributed by atoms with Gasteiger partial charge in [-0.15, -0.1) is 0 Å². The third kappa shape index (κ3) is 4.06. The molecule has 1 atom stereocenters. The molecule has 3 aromatic rings. The zero-order valence-corrected chi connectivity index (χ0v) is 15.9. The lowest BCUT2D eigenvalue weighted by Crippen LogP contribution is -2.41. The Morgan fingerprint density at radius 1 is 1.37 bits per heavy atom. The molecule has 0 spiro atoms. The lowest BCUT2D eigenvalue weighted by Gasteiger charge is -2.32. The van der Waals surface area contributed by atoms with Gasteiger partial charge in [0.15, 0.2) is 0 Å². The Morgan fingerprint density at radius 2 is 2.26 bits per heavy atom. The molecule has 1 aliphatic rings. The molecule has 1 aliphatic heterocycles. The summed E-state index contributed by atoms with van der Waals surface area (Å²) in [5.41, 5.74) is 1.57. The van der Waals surface area contributed by atoms with Crippen LogP contribution in [0.15, 0.2) is 42.9 Å². The van der Waals surface area contributed by atoms with Crippen LogP contribution in [0.2, 0.25) is 5.02 Å². The summed E-state index contributed by atoms with van der Waals surface area (Å²) in [4.78, 5) is 23.2. The summed E-state index contributed by atoms with van der Waals surface area (Å²) in [7, 11) is 0. The summed E-state index contributed by atoms with van der Waals surface area (Å²) in [6, 6.07) is 8.03. The van der Waals surface area contributed by atoms with Crippen LogP contribution in [0.5, 0.6) is 5.75 Å². The number of likely N-dealkylation sites (tertiary alicyclic amines) is 1. The highest BCUT2D eigenvalue weighted by atomic mass is 35.5. The molecule has 1 unspecified atom stereocenters. The van der Waals surface area contributed by atoms with Crippen LogP contribution in [0.4, 0.5) is 0 Å². The molecule has 6 nitrogen and oxygen atoms in total. The van der Waals surface area contributed by atoms with E-state index in [1.54, 1.807) is 16.8 Å². The monoisotopic (exact) mass is 384 g/mol. The summed E-state index contributed by atoms with van der Waals surface area (Å²) in [6.07, 6.45) is 6.92. The van der Waals surface area contributed by atoms with Gasteiger partial charge in [0.2, 0.25) is 5.78 Å². The lowest BCUT2D eigenvalue weighted by atomic mass is 9.98. The number of benzene rings is 1. The highest BCUT2D eigenvalue weighted by Crippen LogP contribution is 2.21. The van der Waals surface area contributed by atoms with E-state index >= 15 is 0 Å². The predicted octanol–water partition coefficient (Wildman–Crippen LogP) is 3.62. The Labute approximate surface area is 162 Å². The number of aryl methyl sites for hydroxylation is 1. The first-order chi connectivity index (χ1) is 13.1. The first-order valence-electron chi connectivity index (χ1n) is 9.07. The fourth-order valence-corrected chi connectivity index (χ4v) is 3.58. The van der Waals surface area contributed by atoms with Crippen molar-refractivity contribution in [2.24, 2.45) is 5.92 Å². The lowest BCUT2D eigenvalue weighted by molar-refractivity contribution is 0.0628. The largest absolute Gasteiger partial charge is 0.493 e. The Hall–Kier alpha value is -2.60. The molecule has 1 aromatic carbocycles. The Balaban J connectivity index is 1.41. The Morgan fingerprint density at radius 3 is 3.11 bits per heavy atom. The molecule has 7 heteroatoms. The minimum absolute atomic E-state index is 0.0723. The minimum Gasteiger partial charge on any atom is -0.493 e. The maximum Gasteiger partial charge on any atom is 0.274 e. The molecule has 140 valence electrons. The van der Waals surface area contributed by atoms with E-state index in [4.69, 9.17) is 16.3 Å². The number of rotatable bonds is 4. The Bertz CT molecular complexity index is 972. The number of imidazole rings is 1. The van der Waals surface area contributed by atoms with E-state index < -0.39 is 0 Å². The van der Waals surface area contributed by atoms with Crippen molar-refractivity contribution >= 4 is 23.3 Å². The van der Waals surface area contributed by atoms with E-state index in [0.29, 0.717) is 35.6 Å². The number of ether oxygens (including phenoxy) is 1. The SMILES string of the molecule is Cc1cccc(OCC2CCCN(C(=O)c3cn4cc(Cl)cnc4n3)C2)c1. The van der Waals surface area contributed by atoms with Gasteiger partial charge in [-0.05, 0) is 37.5 Å². The number of amides is 1. The second kappa shape index (κ2) is 7.56. The van der Waals surface area contributed by atoms with Crippen LogP contribution >= 0.6 is 11.6 Å². The van der Waals surface area contributed by atoms with Crippen LogP contribution in [0.25, 0.3) is 5.78 Å². The molecule has 0 saturated carbocycles. The second-order valence-electron chi connectivity index (χ2n) is 6.99. The number of halogens is 1. The molecular weight excluding hydrogens is 364 g/mol. The van der Waals surface area contributed by atoms with Crippen LogP contribution < -0.4 is 4.74 Å². The number of carbonyl (C=O) groups is 1. The van der Waals surface area contributed by atoms with E-state index in [-0.39, 0.29) is 5.91 Å². The number of piperidine rings is 1. The molecule has 1 saturated heterocycles. The topological polar surface area (TPSA) is 59.7 Å². The van der Waals surface area contributed by atoms with Crippen molar-refractivity contribution in [1.29, 1.82) is 0 Å². The molecule has 2 aromatic heterocycles. The van der Waals surface area contributed by atoms with Crippen LogP contribution in [0, 0.1) is 12.8 Å². The van der Waals surface area contributed by atoms with E-state index in [9.17, 15) is 4.79 Å². The number of nitrogens with zero attached hydrogens (tertiary/aromatic N) is 4. The predicted molar refractivity (Wildman–Crippen MR) is 103 cm³/mol. The van der Waals surface area contributed by atoms with E-state index in [0.717, 1.165) is 25.1 Å². The third-order valence-corrected chi connectivity index (χ3v) is 4.97. The molecule has 4 rings (SSSR count). The summed E-state index contributed by atoms with van der Waals surface area (Å²) < 4.78 is 7.62. The van der Waals surface area contributed by atoms with Gasteiger partial charge in [0, 0.05) is 31.4 Å². The summed E-state index contributed by atoms with van der Waals surface area (Å²) in [5, 5.41) is 0.505.